The van der Waals surface area contributed by atoms with Crippen molar-refractivity contribution >= 4 is 46.9 Å². The Morgan fingerprint density at radius 3 is 2.37 bits per heavy atom. The van der Waals surface area contributed by atoms with E-state index in [1.54, 1.807) is 61.7 Å². The van der Waals surface area contributed by atoms with Crippen molar-refractivity contribution in [2.24, 2.45) is 0 Å². The third kappa shape index (κ3) is 8.49. The molecule has 5 rings (SSSR count). The highest BCUT2D eigenvalue weighted by Crippen LogP contribution is 2.32. The molecule has 1 atom stereocenters. The second kappa shape index (κ2) is 15.4. The highest BCUT2D eigenvalue weighted by atomic mass is 16.5. The molecular formula is C37H34N4O8. The molecule has 1 aromatic heterocycles. The molecule has 0 radical (unpaired) electrons. The van der Waals surface area contributed by atoms with Gasteiger partial charge in [-0.1, -0.05) is 54.6 Å². The van der Waals surface area contributed by atoms with Gasteiger partial charge in [0.15, 0.2) is 11.3 Å². The molecule has 4 N–H and O–H groups in total. The first-order valence-corrected chi connectivity index (χ1v) is 15.2. The largest absolute Gasteiger partial charge is 0.497 e. The Morgan fingerprint density at radius 2 is 1.63 bits per heavy atom. The van der Waals surface area contributed by atoms with Gasteiger partial charge in [0, 0.05) is 17.4 Å². The van der Waals surface area contributed by atoms with Crippen LogP contribution < -0.4 is 25.4 Å². The number of amidine groups is 1. The number of amides is 3. The topological polar surface area (TPSA) is 169 Å². The fourth-order valence-electron chi connectivity index (χ4n) is 4.92. The molecule has 0 aliphatic rings. The molecule has 12 heteroatoms. The Labute approximate surface area is 281 Å². The van der Waals surface area contributed by atoms with E-state index in [2.05, 4.69) is 16.0 Å². The monoisotopic (exact) mass is 662 g/mol. The van der Waals surface area contributed by atoms with Gasteiger partial charge in [-0.15, -0.1) is 0 Å². The third-order valence-electron chi connectivity index (χ3n) is 7.64. The summed E-state index contributed by atoms with van der Waals surface area (Å²) in [6, 6.07) is 29.1. The van der Waals surface area contributed by atoms with Crippen LogP contribution in [0, 0.1) is 5.41 Å². The summed E-state index contributed by atoms with van der Waals surface area (Å²) in [5.74, 6) is -0.720. The number of fused-ring (bicyclic) bond motifs is 1. The summed E-state index contributed by atoms with van der Waals surface area (Å²) in [6.45, 7) is 1.50. The Bertz CT molecular complexity index is 1970. The van der Waals surface area contributed by atoms with Crippen LogP contribution in [0.1, 0.15) is 35.8 Å². The van der Waals surface area contributed by atoms with E-state index in [1.807, 2.05) is 42.5 Å². The Kier molecular flexibility index (Phi) is 10.7. The van der Waals surface area contributed by atoms with Crippen LogP contribution in [-0.2, 0) is 37.7 Å². The lowest BCUT2D eigenvalue weighted by molar-refractivity contribution is -0.145. The zero-order valence-electron chi connectivity index (χ0n) is 26.8. The van der Waals surface area contributed by atoms with E-state index in [0.29, 0.717) is 35.1 Å². The molecule has 4 aromatic carbocycles. The van der Waals surface area contributed by atoms with Crippen molar-refractivity contribution in [1.29, 1.82) is 5.41 Å². The number of alkyl carbamates (subject to hydrolysis) is 1. The molecular weight excluding hydrogens is 628 g/mol. The second-order valence-corrected chi connectivity index (χ2v) is 11.1. The number of esters is 1. The van der Waals surface area contributed by atoms with E-state index in [9.17, 15) is 19.2 Å². The van der Waals surface area contributed by atoms with Crippen molar-refractivity contribution in [3.63, 3.8) is 0 Å². The van der Waals surface area contributed by atoms with Gasteiger partial charge in [0.2, 0.25) is 12.3 Å². The molecule has 12 nitrogen and oxygen atoms in total. The van der Waals surface area contributed by atoms with Gasteiger partial charge >= 0.3 is 12.1 Å². The molecule has 0 saturated heterocycles. The van der Waals surface area contributed by atoms with Gasteiger partial charge in [-0.05, 0) is 73.0 Å². The molecule has 5 aromatic rings. The lowest BCUT2D eigenvalue weighted by Gasteiger charge is -2.27. The zero-order valence-corrected chi connectivity index (χ0v) is 26.8. The summed E-state index contributed by atoms with van der Waals surface area (Å²) in [5.41, 5.74) is 0.824. The number of para-hydroxylation sites is 2. The molecule has 0 fully saturated rings. The molecule has 250 valence electrons. The minimum atomic E-state index is -1.82. The Balaban J connectivity index is 1.37. The lowest BCUT2D eigenvalue weighted by atomic mass is 9.97. The van der Waals surface area contributed by atoms with E-state index in [1.165, 1.54) is 13.0 Å². The number of hydrogen-bond donors (Lipinski definition) is 4. The van der Waals surface area contributed by atoms with E-state index in [0.717, 1.165) is 11.1 Å². The van der Waals surface area contributed by atoms with Crippen LogP contribution in [0.2, 0.25) is 0 Å². The van der Waals surface area contributed by atoms with Crippen molar-refractivity contribution in [2.45, 2.75) is 31.9 Å². The van der Waals surface area contributed by atoms with Gasteiger partial charge in [0.05, 0.1) is 12.8 Å². The Morgan fingerprint density at radius 1 is 0.898 bits per heavy atom. The van der Waals surface area contributed by atoms with Gasteiger partial charge in [0.1, 0.15) is 29.5 Å². The van der Waals surface area contributed by atoms with Crippen LogP contribution in [0.25, 0.3) is 11.0 Å². The number of rotatable bonds is 13. The fourth-order valence-corrected chi connectivity index (χ4v) is 4.92. The highest BCUT2D eigenvalue weighted by molar-refractivity contribution is 6.06. The summed E-state index contributed by atoms with van der Waals surface area (Å²) < 4.78 is 22.2. The van der Waals surface area contributed by atoms with E-state index < -0.39 is 23.5 Å². The Hall–Kier alpha value is -6.43. The number of ether oxygens (including phenoxy) is 3. The molecule has 3 amide bonds. The lowest BCUT2D eigenvalue weighted by Crippen LogP contribution is -2.51. The zero-order chi connectivity index (χ0) is 34.8. The molecule has 1 unspecified atom stereocenters. The van der Waals surface area contributed by atoms with Gasteiger partial charge in [-0.3, -0.25) is 20.3 Å². The van der Waals surface area contributed by atoms with Crippen LogP contribution in [0.15, 0.2) is 108 Å². The van der Waals surface area contributed by atoms with Gasteiger partial charge in [-0.25, -0.2) is 9.59 Å². The van der Waals surface area contributed by atoms with Crippen molar-refractivity contribution < 1.29 is 37.8 Å². The van der Waals surface area contributed by atoms with Crippen LogP contribution in [0.3, 0.4) is 0 Å². The van der Waals surface area contributed by atoms with Crippen LogP contribution in [0.5, 0.6) is 11.5 Å². The number of furan rings is 1. The molecule has 49 heavy (non-hydrogen) atoms. The number of benzene rings is 4. The number of carbonyl (C=O) groups excluding carboxylic acids is 4. The average molecular weight is 663 g/mol. The summed E-state index contributed by atoms with van der Waals surface area (Å²) in [4.78, 5) is 50.7. The first-order valence-electron chi connectivity index (χ1n) is 15.2. The van der Waals surface area contributed by atoms with E-state index in [4.69, 9.17) is 24.0 Å². The number of carbonyl (C=O) groups is 4. The summed E-state index contributed by atoms with van der Waals surface area (Å²) in [5, 5.41) is 16.6. The van der Waals surface area contributed by atoms with Crippen molar-refractivity contribution in [2.75, 3.05) is 12.4 Å². The molecule has 0 saturated carbocycles. The summed E-state index contributed by atoms with van der Waals surface area (Å²) in [6.07, 6.45) is 0.101. The molecule has 0 aliphatic carbocycles. The van der Waals surface area contributed by atoms with Gasteiger partial charge in [0.25, 0.3) is 0 Å². The number of anilines is 1. The van der Waals surface area contributed by atoms with E-state index in [-0.39, 0.29) is 36.1 Å². The second-order valence-electron chi connectivity index (χ2n) is 11.1. The minimum absolute atomic E-state index is 0.0419. The smallest absolute Gasteiger partial charge is 0.413 e. The first kappa shape index (κ1) is 33.9. The maximum Gasteiger partial charge on any atom is 0.413 e. The molecule has 0 bridgehead atoms. The molecule has 0 spiro atoms. The summed E-state index contributed by atoms with van der Waals surface area (Å²) >= 11 is 0. The highest BCUT2D eigenvalue weighted by Gasteiger charge is 2.42. The summed E-state index contributed by atoms with van der Waals surface area (Å²) in [7, 11) is 1.57. The average Bonchev–Trinajstić information content (AvgIpc) is 3.56. The van der Waals surface area contributed by atoms with Crippen molar-refractivity contribution in [1.82, 2.24) is 10.6 Å². The predicted molar refractivity (Wildman–Crippen MR) is 181 cm³/mol. The van der Waals surface area contributed by atoms with E-state index >= 15 is 0 Å². The third-order valence-corrected chi connectivity index (χ3v) is 7.64. The SMILES string of the molecule is COc1ccc(CCC(=O)NC(C)(C(=O)Oc2ccccc2NC=O)c2cc3cc(C(=N)NC(=O)OCc4ccccc4)ccc3o2)cc1. The maximum absolute atomic E-state index is 13.9. The number of aryl methyl sites for hydroxylation is 1. The number of nitrogens with one attached hydrogen (secondary N) is 4. The maximum atomic E-state index is 13.9. The predicted octanol–water partition coefficient (Wildman–Crippen LogP) is 5.83. The number of methoxy groups -OCH3 is 1. The van der Waals surface area contributed by atoms with Crippen LogP contribution in [0.4, 0.5) is 10.5 Å². The quantitative estimate of drug-likeness (QED) is 0.0401. The number of hydrogen-bond acceptors (Lipinski definition) is 9. The first-order chi connectivity index (χ1) is 23.7. The van der Waals surface area contributed by atoms with Crippen molar-refractivity contribution in [3.8, 4) is 11.5 Å². The normalized spacial score (nSPS) is 11.9. The molecule has 0 aliphatic heterocycles. The van der Waals surface area contributed by atoms with Gasteiger partial charge < -0.3 is 29.3 Å². The van der Waals surface area contributed by atoms with Crippen LogP contribution in [-0.4, -0.2) is 37.3 Å². The van der Waals surface area contributed by atoms with Crippen molar-refractivity contribution in [3.05, 3.63) is 126 Å². The molecule has 1 heterocycles. The standard InChI is InChI=1S/C37H34N4O8/c1-37(35(44)49-31-11-7-6-10-29(31)39-23-42,41-33(43)19-14-24-12-16-28(46-2)17-13-24)32-21-27-20-26(15-18-30(27)48-32)34(38)40-36(45)47-22-25-8-4-3-5-9-25/h3-13,15-18,20-21,23H,14,19,22H2,1-2H3,(H,39,42)(H,41,43)(H2,38,40,45). The fraction of sp³-hybridized carbons (Fsp3) is 0.162. The van der Waals surface area contributed by atoms with Gasteiger partial charge in [-0.2, -0.15) is 0 Å². The minimum Gasteiger partial charge on any atom is -0.497 e. The van der Waals surface area contributed by atoms with Crippen LogP contribution >= 0.6 is 0 Å².